The molecule has 1 aromatic rings. The Morgan fingerprint density at radius 1 is 1.32 bits per heavy atom. The third kappa shape index (κ3) is 6.59. The first-order chi connectivity index (χ1) is 9.90. The molecule has 126 valence electrons. The van der Waals surface area contributed by atoms with Gasteiger partial charge in [0.25, 0.3) is 0 Å². The monoisotopic (exact) mass is 344 g/mol. The average molecular weight is 345 g/mol. The van der Waals surface area contributed by atoms with Crippen molar-refractivity contribution in [1.29, 1.82) is 0 Å². The van der Waals surface area contributed by atoms with E-state index in [0.29, 0.717) is 6.54 Å². The Balaban J connectivity index is 0.00000441. The van der Waals surface area contributed by atoms with Crippen LogP contribution >= 0.6 is 24.2 Å². The van der Waals surface area contributed by atoms with Crippen molar-refractivity contribution in [2.75, 3.05) is 12.0 Å². The second-order valence-corrected chi connectivity index (χ2v) is 7.03. The number of carbonyl (C=O) groups is 1. The number of nitrogens with two attached hydrogens (primary N) is 1. The van der Waals surface area contributed by atoms with E-state index in [4.69, 9.17) is 5.73 Å². The van der Waals surface area contributed by atoms with Crippen LogP contribution in [0.4, 0.5) is 0 Å². The zero-order valence-corrected chi connectivity index (χ0v) is 15.7. The molecule has 5 heteroatoms. The normalized spacial score (nSPS) is 12.4. The van der Waals surface area contributed by atoms with E-state index >= 15 is 0 Å². The molecule has 1 atom stereocenters. The fraction of sp³-hybridized carbons (Fsp3) is 0.588. The number of thioether (sulfide) groups is 1. The standard InChI is InChI=1S/C17H28N2OS.ClH/c1-5-17(2,3)14-8-6-13(7-9-14)12-19-16(20)15(18)10-11-21-4;/h6-9,15H,5,10-12,18H2,1-4H3,(H,19,20);1H. The summed E-state index contributed by atoms with van der Waals surface area (Å²) in [5.74, 6) is 0.845. The molecule has 0 saturated carbocycles. The van der Waals surface area contributed by atoms with Crippen molar-refractivity contribution in [3.8, 4) is 0 Å². The second-order valence-electron chi connectivity index (χ2n) is 6.04. The molecule has 0 aliphatic carbocycles. The molecule has 0 saturated heterocycles. The molecule has 0 heterocycles. The van der Waals surface area contributed by atoms with E-state index < -0.39 is 6.04 Å². The van der Waals surface area contributed by atoms with Gasteiger partial charge in [-0.15, -0.1) is 12.4 Å². The van der Waals surface area contributed by atoms with Gasteiger partial charge in [0.15, 0.2) is 0 Å². The van der Waals surface area contributed by atoms with Gasteiger partial charge in [0.1, 0.15) is 0 Å². The number of hydrogen-bond acceptors (Lipinski definition) is 3. The Hall–Kier alpha value is -0.710. The first-order valence-corrected chi connectivity index (χ1v) is 8.91. The molecule has 1 rings (SSSR count). The van der Waals surface area contributed by atoms with Gasteiger partial charge >= 0.3 is 0 Å². The van der Waals surface area contributed by atoms with E-state index in [0.717, 1.165) is 24.2 Å². The first-order valence-electron chi connectivity index (χ1n) is 7.52. The largest absolute Gasteiger partial charge is 0.351 e. The van der Waals surface area contributed by atoms with Crippen LogP contribution in [0.25, 0.3) is 0 Å². The van der Waals surface area contributed by atoms with Gasteiger partial charge in [-0.1, -0.05) is 45.0 Å². The van der Waals surface area contributed by atoms with Crippen LogP contribution in [0.15, 0.2) is 24.3 Å². The average Bonchev–Trinajstić information content (AvgIpc) is 2.50. The van der Waals surface area contributed by atoms with E-state index in [-0.39, 0.29) is 23.7 Å². The lowest BCUT2D eigenvalue weighted by atomic mass is 9.82. The third-order valence-electron chi connectivity index (χ3n) is 4.06. The summed E-state index contributed by atoms with van der Waals surface area (Å²) >= 11 is 1.71. The Morgan fingerprint density at radius 3 is 2.41 bits per heavy atom. The highest BCUT2D eigenvalue weighted by molar-refractivity contribution is 7.98. The maximum Gasteiger partial charge on any atom is 0.237 e. The van der Waals surface area contributed by atoms with Gasteiger partial charge in [-0.25, -0.2) is 0 Å². The van der Waals surface area contributed by atoms with Gasteiger partial charge in [0.05, 0.1) is 6.04 Å². The van der Waals surface area contributed by atoms with Crippen LogP contribution in [0, 0.1) is 0 Å². The minimum absolute atomic E-state index is 0. The Labute approximate surface area is 145 Å². The van der Waals surface area contributed by atoms with Gasteiger partial charge in [0.2, 0.25) is 5.91 Å². The van der Waals surface area contributed by atoms with Crippen LogP contribution in [-0.2, 0) is 16.8 Å². The summed E-state index contributed by atoms with van der Waals surface area (Å²) in [6, 6.07) is 8.06. The van der Waals surface area contributed by atoms with Gasteiger partial charge in [-0.3, -0.25) is 4.79 Å². The van der Waals surface area contributed by atoms with Crippen LogP contribution in [0.2, 0.25) is 0 Å². The number of hydrogen-bond donors (Lipinski definition) is 2. The summed E-state index contributed by atoms with van der Waals surface area (Å²) in [6.07, 6.45) is 3.84. The van der Waals surface area contributed by atoms with Crippen LogP contribution in [0.3, 0.4) is 0 Å². The van der Waals surface area contributed by atoms with Crippen molar-refractivity contribution in [3.63, 3.8) is 0 Å². The first kappa shape index (κ1) is 21.3. The van der Waals surface area contributed by atoms with Crippen LogP contribution in [-0.4, -0.2) is 24.0 Å². The van der Waals surface area contributed by atoms with Crippen molar-refractivity contribution in [2.45, 2.75) is 51.6 Å². The van der Waals surface area contributed by atoms with Crippen LogP contribution in [0.1, 0.15) is 44.7 Å². The number of benzene rings is 1. The molecule has 1 unspecified atom stereocenters. The topological polar surface area (TPSA) is 55.1 Å². The van der Waals surface area contributed by atoms with Crippen molar-refractivity contribution >= 4 is 30.1 Å². The highest BCUT2D eigenvalue weighted by atomic mass is 35.5. The highest BCUT2D eigenvalue weighted by Crippen LogP contribution is 2.26. The number of carbonyl (C=O) groups excluding carboxylic acids is 1. The number of rotatable bonds is 8. The van der Waals surface area contributed by atoms with E-state index in [2.05, 4.69) is 50.4 Å². The molecule has 0 aromatic heterocycles. The minimum atomic E-state index is -0.407. The van der Waals surface area contributed by atoms with Crippen molar-refractivity contribution < 1.29 is 4.79 Å². The molecule has 22 heavy (non-hydrogen) atoms. The zero-order chi connectivity index (χ0) is 15.9. The lowest BCUT2D eigenvalue weighted by molar-refractivity contribution is -0.122. The van der Waals surface area contributed by atoms with Crippen molar-refractivity contribution in [1.82, 2.24) is 5.32 Å². The summed E-state index contributed by atoms with van der Waals surface area (Å²) in [5, 5.41) is 2.91. The van der Waals surface area contributed by atoms with E-state index in [9.17, 15) is 4.79 Å². The molecular formula is C17H29ClN2OS. The fourth-order valence-electron chi connectivity index (χ4n) is 1.97. The Kier molecular flexibility index (Phi) is 9.81. The summed E-state index contributed by atoms with van der Waals surface area (Å²) in [7, 11) is 0. The van der Waals surface area contributed by atoms with E-state index in [1.165, 1.54) is 5.56 Å². The molecule has 1 amide bonds. The lowest BCUT2D eigenvalue weighted by Crippen LogP contribution is -2.40. The maximum atomic E-state index is 11.8. The number of amides is 1. The Bertz CT molecular complexity index is 448. The van der Waals surface area contributed by atoms with Crippen molar-refractivity contribution in [3.05, 3.63) is 35.4 Å². The fourth-order valence-corrected chi connectivity index (χ4v) is 2.46. The predicted molar refractivity (Wildman–Crippen MR) is 99.8 cm³/mol. The predicted octanol–water partition coefficient (Wildman–Crippen LogP) is 3.49. The molecular weight excluding hydrogens is 316 g/mol. The smallest absolute Gasteiger partial charge is 0.237 e. The number of halogens is 1. The van der Waals surface area contributed by atoms with Gasteiger partial charge < -0.3 is 11.1 Å². The van der Waals surface area contributed by atoms with Crippen LogP contribution < -0.4 is 11.1 Å². The SMILES string of the molecule is CCC(C)(C)c1ccc(CNC(=O)C(N)CCSC)cc1.Cl. The third-order valence-corrected chi connectivity index (χ3v) is 4.70. The second kappa shape index (κ2) is 10.1. The molecule has 0 radical (unpaired) electrons. The molecule has 0 spiro atoms. The molecule has 3 nitrogen and oxygen atoms in total. The van der Waals surface area contributed by atoms with Gasteiger partial charge in [-0.05, 0) is 41.4 Å². The number of nitrogens with one attached hydrogen (secondary N) is 1. The summed E-state index contributed by atoms with van der Waals surface area (Å²) in [5.41, 5.74) is 8.48. The summed E-state index contributed by atoms with van der Waals surface area (Å²) < 4.78 is 0. The molecule has 0 bridgehead atoms. The molecule has 1 aromatic carbocycles. The van der Waals surface area contributed by atoms with Gasteiger partial charge in [-0.2, -0.15) is 11.8 Å². The van der Waals surface area contributed by atoms with E-state index in [1.807, 2.05) is 6.26 Å². The minimum Gasteiger partial charge on any atom is -0.351 e. The lowest BCUT2D eigenvalue weighted by Gasteiger charge is -2.23. The molecule has 3 N–H and O–H groups in total. The molecule has 0 aliphatic rings. The summed E-state index contributed by atoms with van der Waals surface area (Å²) in [4.78, 5) is 11.8. The van der Waals surface area contributed by atoms with E-state index in [1.54, 1.807) is 11.8 Å². The van der Waals surface area contributed by atoms with Gasteiger partial charge in [0, 0.05) is 6.54 Å². The summed E-state index contributed by atoms with van der Waals surface area (Å²) in [6.45, 7) is 7.23. The molecule has 0 fully saturated rings. The quantitative estimate of drug-likeness (QED) is 0.759. The Morgan fingerprint density at radius 2 is 1.91 bits per heavy atom. The zero-order valence-electron chi connectivity index (χ0n) is 14.0. The van der Waals surface area contributed by atoms with Crippen molar-refractivity contribution in [2.24, 2.45) is 5.73 Å². The van der Waals surface area contributed by atoms with Crippen LogP contribution in [0.5, 0.6) is 0 Å². The molecule has 0 aliphatic heterocycles. The maximum absolute atomic E-state index is 11.8. The highest BCUT2D eigenvalue weighted by Gasteiger charge is 2.17.